The highest BCUT2D eigenvalue weighted by molar-refractivity contribution is 6.03. The predicted molar refractivity (Wildman–Crippen MR) is 125 cm³/mol. The second kappa shape index (κ2) is 8.31. The van der Waals surface area contributed by atoms with E-state index in [0.29, 0.717) is 17.9 Å². The first-order chi connectivity index (χ1) is 16.0. The summed E-state index contributed by atoms with van der Waals surface area (Å²) in [6.07, 6.45) is 5.11. The molecule has 0 spiro atoms. The molecule has 5 rings (SSSR count). The van der Waals surface area contributed by atoms with E-state index < -0.39 is 0 Å². The number of nitrogens with one attached hydrogen (secondary N) is 2. The van der Waals surface area contributed by atoms with Crippen molar-refractivity contribution >= 4 is 22.4 Å². The lowest BCUT2D eigenvalue weighted by molar-refractivity contribution is 0.0948. The number of hydrogen-bond donors (Lipinski definition) is 2. The van der Waals surface area contributed by atoms with Crippen LogP contribution >= 0.6 is 0 Å². The molecule has 5 aromatic rings. The minimum Gasteiger partial charge on any atom is -0.468 e. The van der Waals surface area contributed by atoms with Crippen LogP contribution in [-0.2, 0) is 6.54 Å². The SMILES string of the molecule is C=C(c1c(-c2ccc(F)cc2)coc1C)c1c[nH]c2cc(C(=O)NCc3ccco3)ccc12. The fraction of sp³-hybridized carbons (Fsp3) is 0.0741. The Morgan fingerprint density at radius 3 is 2.70 bits per heavy atom. The Hall–Kier alpha value is -4.32. The quantitative estimate of drug-likeness (QED) is 0.318. The number of halogens is 1. The molecule has 0 fully saturated rings. The van der Waals surface area contributed by atoms with Gasteiger partial charge in [0.15, 0.2) is 0 Å². The summed E-state index contributed by atoms with van der Waals surface area (Å²) in [5, 5.41) is 3.79. The molecular weight excluding hydrogens is 419 g/mol. The zero-order valence-electron chi connectivity index (χ0n) is 17.9. The summed E-state index contributed by atoms with van der Waals surface area (Å²) in [4.78, 5) is 15.8. The summed E-state index contributed by atoms with van der Waals surface area (Å²) < 4.78 is 24.3. The maximum atomic E-state index is 13.4. The third kappa shape index (κ3) is 3.87. The van der Waals surface area contributed by atoms with Crippen molar-refractivity contribution in [3.63, 3.8) is 0 Å². The average molecular weight is 440 g/mol. The van der Waals surface area contributed by atoms with Gasteiger partial charge < -0.3 is 19.1 Å². The molecule has 0 aliphatic rings. The number of aromatic amines is 1. The summed E-state index contributed by atoms with van der Waals surface area (Å²) in [5.41, 5.74) is 5.60. The van der Waals surface area contributed by atoms with E-state index in [2.05, 4.69) is 16.9 Å². The van der Waals surface area contributed by atoms with Gasteiger partial charge in [-0.05, 0) is 54.5 Å². The van der Waals surface area contributed by atoms with Crippen molar-refractivity contribution in [1.82, 2.24) is 10.3 Å². The first-order valence-electron chi connectivity index (χ1n) is 10.5. The van der Waals surface area contributed by atoms with E-state index in [1.807, 2.05) is 31.3 Å². The lowest BCUT2D eigenvalue weighted by Gasteiger charge is -2.09. The molecule has 3 aromatic heterocycles. The molecule has 0 saturated heterocycles. The highest BCUT2D eigenvalue weighted by atomic mass is 19.1. The van der Waals surface area contributed by atoms with Gasteiger partial charge in [0, 0.05) is 39.4 Å². The van der Waals surface area contributed by atoms with Crippen molar-refractivity contribution in [1.29, 1.82) is 0 Å². The monoisotopic (exact) mass is 440 g/mol. The van der Waals surface area contributed by atoms with Crippen LogP contribution in [-0.4, -0.2) is 10.9 Å². The Morgan fingerprint density at radius 2 is 1.94 bits per heavy atom. The number of H-pyrrole nitrogens is 1. The second-order valence-electron chi connectivity index (χ2n) is 7.79. The Morgan fingerprint density at radius 1 is 1.12 bits per heavy atom. The largest absolute Gasteiger partial charge is 0.468 e. The Bertz CT molecular complexity index is 1460. The van der Waals surface area contributed by atoms with E-state index in [0.717, 1.165) is 44.5 Å². The fourth-order valence-corrected chi connectivity index (χ4v) is 4.01. The van der Waals surface area contributed by atoms with E-state index in [4.69, 9.17) is 8.83 Å². The van der Waals surface area contributed by atoms with Crippen molar-refractivity contribution in [2.75, 3.05) is 0 Å². The maximum Gasteiger partial charge on any atom is 0.251 e. The van der Waals surface area contributed by atoms with Crippen LogP contribution in [0.2, 0.25) is 0 Å². The molecule has 0 aliphatic carbocycles. The number of aromatic nitrogens is 1. The molecule has 0 atom stereocenters. The van der Waals surface area contributed by atoms with Gasteiger partial charge >= 0.3 is 0 Å². The molecule has 0 unspecified atom stereocenters. The van der Waals surface area contributed by atoms with Gasteiger partial charge in [0.25, 0.3) is 5.91 Å². The normalized spacial score (nSPS) is 11.1. The molecule has 3 heterocycles. The van der Waals surface area contributed by atoms with Gasteiger partial charge in [0.2, 0.25) is 0 Å². The van der Waals surface area contributed by atoms with Gasteiger partial charge in [-0.2, -0.15) is 0 Å². The highest BCUT2D eigenvalue weighted by Gasteiger charge is 2.19. The van der Waals surface area contributed by atoms with E-state index in [1.54, 1.807) is 36.8 Å². The van der Waals surface area contributed by atoms with E-state index in [1.165, 1.54) is 12.1 Å². The lowest BCUT2D eigenvalue weighted by Crippen LogP contribution is -2.22. The van der Waals surface area contributed by atoms with Crippen LogP contribution < -0.4 is 5.32 Å². The second-order valence-corrected chi connectivity index (χ2v) is 7.79. The summed E-state index contributed by atoms with van der Waals surface area (Å²) in [6.45, 7) is 6.53. The highest BCUT2D eigenvalue weighted by Crippen LogP contribution is 2.38. The van der Waals surface area contributed by atoms with Crippen molar-refractivity contribution in [3.8, 4) is 11.1 Å². The van der Waals surface area contributed by atoms with Gasteiger partial charge in [-0.1, -0.05) is 24.8 Å². The standard InChI is InChI=1S/C27H21FN2O3/c1-16(26-17(2)33-15-24(26)18-5-8-20(28)9-6-18)23-14-29-25-12-19(7-10-22(23)25)27(31)30-13-21-4-3-11-32-21/h3-12,14-15,29H,1,13H2,2H3,(H,30,31). The number of rotatable bonds is 6. The van der Waals surface area contributed by atoms with Crippen LogP contribution in [0, 0.1) is 12.7 Å². The van der Waals surface area contributed by atoms with Crippen molar-refractivity contribution in [2.45, 2.75) is 13.5 Å². The zero-order chi connectivity index (χ0) is 22.9. The van der Waals surface area contributed by atoms with Crippen LogP contribution in [0.3, 0.4) is 0 Å². The van der Waals surface area contributed by atoms with E-state index in [9.17, 15) is 9.18 Å². The maximum absolute atomic E-state index is 13.4. The molecule has 164 valence electrons. The molecule has 1 amide bonds. The summed E-state index contributed by atoms with van der Waals surface area (Å²) in [6, 6.07) is 15.4. The lowest BCUT2D eigenvalue weighted by atomic mass is 9.93. The van der Waals surface area contributed by atoms with Crippen LogP contribution in [0.25, 0.3) is 27.6 Å². The van der Waals surface area contributed by atoms with Crippen molar-refractivity contribution in [3.05, 3.63) is 114 Å². The molecule has 0 bridgehead atoms. The smallest absolute Gasteiger partial charge is 0.251 e. The molecule has 33 heavy (non-hydrogen) atoms. The minimum atomic E-state index is -0.292. The molecule has 0 aliphatic heterocycles. The number of amides is 1. The molecule has 2 aromatic carbocycles. The first-order valence-corrected chi connectivity index (χ1v) is 10.5. The number of fused-ring (bicyclic) bond motifs is 1. The first kappa shape index (κ1) is 20.6. The number of carbonyl (C=O) groups is 1. The molecule has 2 N–H and O–H groups in total. The topological polar surface area (TPSA) is 71.2 Å². The number of benzene rings is 2. The third-order valence-corrected chi connectivity index (χ3v) is 5.70. The molecule has 0 radical (unpaired) electrons. The average Bonchev–Trinajstić information content (AvgIpc) is 3.57. The van der Waals surface area contributed by atoms with Gasteiger partial charge in [-0.25, -0.2) is 4.39 Å². The van der Waals surface area contributed by atoms with E-state index in [-0.39, 0.29) is 11.7 Å². The Kier molecular flexibility index (Phi) is 5.18. The van der Waals surface area contributed by atoms with Gasteiger partial charge in [0.1, 0.15) is 17.3 Å². The van der Waals surface area contributed by atoms with Gasteiger partial charge in [0.05, 0.1) is 19.1 Å². The van der Waals surface area contributed by atoms with Crippen LogP contribution in [0.4, 0.5) is 4.39 Å². The Balaban J connectivity index is 1.44. The van der Waals surface area contributed by atoms with Gasteiger partial charge in [-0.3, -0.25) is 4.79 Å². The van der Waals surface area contributed by atoms with Crippen LogP contribution in [0.5, 0.6) is 0 Å². The number of furan rings is 2. The van der Waals surface area contributed by atoms with Gasteiger partial charge in [-0.15, -0.1) is 0 Å². The summed E-state index contributed by atoms with van der Waals surface area (Å²) in [5.74, 6) is 0.936. The van der Waals surface area contributed by atoms with E-state index >= 15 is 0 Å². The summed E-state index contributed by atoms with van der Waals surface area (Å²) in [7, 11) is 0. The molecule has 6 heteroatoms. The molecule has 5 nitrogen and oxygen atoms in total. The minimum absolute atomic E-state index is 0.187. The number of aryl methyl sites for hydroxylation is 1. The molecule has 0 saturated carbocycles. The molecular formula is C27H21FN2O3. The third-order valence-electron chi connectivity index (χ3n) is 5.70. The summed E-state index contributed by atoms with van der Waals surface area (Å²) >= 11 is 0. The van der Waals surface area contributed by atoms with Crippen molar-refractivity contribution in [2.24, 2.45) is 0 Å². The fourth-order valence-electron chi connectivity index (χ4n) is 4.01. The zero-order valence-corrected chi connectivity index (χ0v) is 17.9. The van der Waals surface area contributed by atoms with Crippen molar-refractivity contribution < 1.29 is 18.0 Å². The van der Waals surface area contributed by atoms with Crippen LogP contribution in [0.15, 0.2) is 88.7 Å². The van der Waals surface area contributed by atoms with Crippen LogP contribution in [0.1, 0.15) is 33.0 Å². The predicted octanol–water partition coefficient (Wildman–Crippen LogP) is 6.46. The number of carbonyl (C=O) groups excluding carboxylic acids is 1. The Labute approximate surface area is 189 Å². The number of hydrogen-bond acceptors (Lipinski definition) is 3.